The highest BCUT2D eigenvalue weighted by Crippen LogP contribution is 2.42. The molecule has 0 spiro atoms. The van der Waals surface area contributed by atoms with E-state index in [4.69, 9.17) is 10.7 Å². The number of anilines is 3. The molecule has 0 radical (unpaired) electrons. The number of amides is 2. The Bertz CT molecular complexity index is 1540. The largest absolute Gasteiger partial charge is 0.416 e. The zero-order valence-corrected chi connectivity index (χ0v) is 22.6. The Kier molecular flexibility index (Phi) is 7.41. The molecule has 0 bridgehead atoms. The molecule has 8 nitrogen and oxygen atoms in total. The third-order valence-electron chi connectivity index (χ3n) is 7.17. The molecule has 2 aromatic heterocycles. The fourth-order valence-corrected chi connectivity index (χ4v) is 4.86. The van der Waals surface area contributed by atoms with E-state index >= 15 is 0 Å². The van der Waals surface area contributed by atoms with Crippen molar-refractivity contribution in [3.63, 3.8) is 0 Å². The van der Waals surface area contributed by atoms with E-state index in [9.17, 15) is 18.0 Å². The maximum atomic E-state index is 13.5. The summed E-state index contributed by atoms with van der Waals surface area (Å²) in [6.45, 7) is 5.65. The number of pyridine rings is 1. The molecule has 1 saturated carbocycles. The van der Waals surface area contributed by atoms with Crippen LogP contribution in [0.1, 0.15) is 49.4 Å². The summed E-state index contributed by atoms with van der Waals surface area (Å²) in [5, 5.41) is 10.4. The topological polar surface area (TPSA) is 101 Å². The number of carbonyl (C=O) groups is 1. The summed E-state index contributed by atoms with van der Waals surface area (Å²) in [5.41, 5.74) is 9.97. The maximum absolute atomic E-state index is 13.5. The maximum Gasteiger partial charge on any atom is 0.416 e. The number of nitrogens with zero attached hydrogens (tertiary/aromatic N) is 4. The number of benzene rings is 2. The van der Waals surface area contributed by atoms with Crippen LogP contribution in [0.5, 0.6) is 0 Å². The first kappa shape index (κ1) is 27.4. The average Bonchev–Trinajstić information content (AvgIpc) is 3.72. The number of aryl methyl sites for hydroxylation is 1. The quantitative estimate of drug-likeness (QED) is 0.229. The Labute approximate surface area is 230 Å². The van der Waals surface area contributed by atoms with Crippen molar-refractivity contribution in [2.75, 3.05) is 29.5 Å². The normalized spacial score (nSPS) is 13.7. The van der Waals surface area contributed by atoms with Gasteiger partial charge in [-0.15, -0.1) is 0 Å². The molecule has 1 fully saturated rings. The standard InChI is InChI=1S/C29H32F3N7O/c1-4-39(5-2)16-17-12-20(29(30,31)32)14-22(13-17)35-28(40)34-21-10-8-18(9-11-21)23-15-24(19-6-7-19)36-27-25(23)26(33)37-38(27)3/h8-15,19H,4-7,16H2,1-3H3,(H2,33,37)(H2,34,35,40). The molecule has 2 aromatic carbocycles. The predicted octanol–water partition coefficient (Wildman–Crippen LogP) is 6.60. The van der Waals surface area contributed by atoms with Gasteiger partial charge in [-0.05, 0) is 79.0 Å². The number of nitrogens with two attached hydrogens (primary N) is 1. The van der Waals surface area contributed by atoms with Crippen molar-refractivity contribution in [1.82, 2.24) is 19.7 Å². The smallest absolute Gasteiger partial charge is 0.382 e. The van der Waals surface area contributed by atoms with Gasteiger partial charge in [0.05, 0.1) is 10.9 Å². The molecule has 0 unspecified atom stereocenters. The molecule has 0 aliphatic heterocycles. The molecule has 2 heterocycles. The van der Waals surface area contributed by atoms with Gasteiger partial charge in [0.1, 0.15) is 0 Å². The summed E-state index contributed by atoms with van der Waals surface area (Å²) in [4.78, 5) is 19.5. The van der Waals surface area contributed by atoms with Gasteiger partial charge in [0, 0.05) is 36.6 Å². The van der Waals surface area contributed by atoms with Crippen molar-refractivity contribution in [3.05, 3.63) is 65.4 Å². The first-order valence-electron chi connectivity index (χ1n) is 13.3. The number of halogens is 3. The Hall–Kier alpha value is -4.12. The van der Waals surface area contributed by atoms with Crippen LogP contribution < -0.4 is 16.4 Å². The molecule has 0 atom stereocenters. The highest BCUT2D eigenvalue weighted by atomic mass is 19.4. The number of carbonyl (C=O) groups excluding carboxylic acids is 1. The van der Waals surface area contributed by atoms with Crippen LogP contribution in [0.3, 0.4) is 0 Å². The fraction of sp³-hybridized carbons (Fsp3) is 0.345. The van der Waals surface area contributed by atoms with Gasteiger partial charge >= 0.3 is 12.2 Å². The van der Waals surface area contributed by atoms with E-state index in [1.54, 1.807) is 22.9 Å². The monoisotopic (exact) mass is 551 g/mol. The molecule has 4 N–H and O–H groups in total. The average molecular weight is 552 g/mol. The van der Waals surface area contributed by atoms with Crippen molar-refractivity contribution in [1.29, 1.82) is 0 Å². The molecule has 11 heteroatoms. The number of hydrogen-bond donors (Lipinski definition) is 3. The fourth-order valence-electron chi connectivity index (χ4n) is 4.86. The summed E-state index contributed by atoms with van der Waals surface area (Å²) >= 11 is 0. The van der Waals surface area contributed by atoms with Crippen LogP contribution >= 0.6 is 0 Å². The van der Waals surface area contributed by atoms with Gasteiger partial charge in [-0.25, -0.2) is 14.5 Å². The molecule has 5 rings (SSSR count). The lowest BCUT2D eigenvalue weighted by molar-refractivity contribution is -0.137. The van der Waals surface area contributed by atoms with Gasteiger partial charge in [-0.1, -0.05) is 26.0 Å². The minimum absolute atomic E-state index is 0.0740. The van der Waals surface area contributed by atoms with E-state index < -0.39 is 17.8 Å². The summed E-state index contributed by atoms with van der Waals surface area (Å²) < 4.78 is 42.3. The van der Waals surface area contributed by atoms with Gasteiger partial charge in [0.25, 0.3) is 0 Å². The van der Waals surface area contributed by atoms with Crippen molar-refractivity contribution < 1.29 is 18.0 Å². The molecule has 40 heavy (non-hydrogen) atoms. The molecule has 210 valence electrons. The lowest BCUT2D eigenvalue weighted by atomic mass is 10.0. The Morgan fingerprint density at radius 3 is 2.35 bits per heavy atom. The van der Waals surface area contributed by atoms with Crippen LogP contribution in [0.25, 0.3) is 22.2 Å². The third kappa shape index (κ3) is 5.89. The van der Waals surface area contributed by atoms with Crippen molar-refractivity contribution >= 4 is 34.3 Å². The van der Waals surface area contributed by atoms with E-state index in [-0.39, 0.29) is 5.69 Å². The van der Waals surface area contributed by atoms with Crippen molar-refractivity contribution in [3.8, 4) is 11.1 Å². The van der Waals surface area contributed by atoms with Crippen LogP contribution in [0.15, 0.2) is 48.5 Å². The van der Waals surface area contributed by atoms with Crippen molar-refractivity contribution in [2.24, 2.45) is 7.05 Å². The van der Waals surface area contributed by atoms with Gasteiger partial charge < -0.3 is 16.4 Å². The highest BCUT2D eigenvalue weighted by Gasteiger charge is 2.31. The van der Waals surface area contributed by atoms with Gasteiger partial charge in [0.2, 0.25) is 0 Å². The van der Waals surface area contributed by atoms with Gasteiger partial charge in [-0.3, -0.25) is 4.90 Å². The molecule has 1 aliphatic carbocycles. The zero-order valence-electron chi connectivity index (χ0n) is 22.6. The third-order valence-corrected chi connectivity index (χ3v) is 7.17. The Morgan fingerprint density at radius 2 is 1.73 bits per heavy atom. The van der Waals surface area contributed by atoms with Gasteiger partial charge in [0.15, 0.2) is 11.5 Å². The van der Waals surface area contributed by atoms with Crippen LogP contribution in [-0.4, -0.2) is 38.8 Å². The Morgan fingerprint density at radius 1 is 1.05 bits per heavy atom. The van der Waals surface area contributed by atoms with Crippen LogP contribution in [-0.2, 0) is 19.8 Å². The van der Waals surface area contributed by atoms with E-state index in [0.717, 1.165) is 52.8 Å². The number of fused-ring (bicyclic) bond motifs is 1. The first-order chi connectivity index (χ1) is 19.0. The molecule has 1 aliphatic rings. The van der Waals surface area contributed by atoms with Crippen LogP contribution in [0.2, 0.25) is 0 Å². The summed E-state index contributed by atoms with van der Waals surface area (Å²) in [6, 6.07) is 12.3. The second-order valence-electron chi connectivity index (χ2n) is 10.1. The molecular formula is C29H32F3N7O. The SMILES string of the molecule is CCN(CC)Cc1cc(NC(=O)Nc2ccc(-c3cc(C4CC4)nc4c3c(N)nn4C)cc2)cc(C(F)(F)F)c1. The minimum atomic E-state index is -4.53. The number of alkyl halides is 3. The molecule has 4 aromatic rings. The molecule has 0 saturated heterocycles. The number of rotatable bonds is 8. The Balaban J connectivity index is 1.35. The van der Waals surface area contributed by atoms with Crippen molar-refractivity contribution in [2.45, 2.75) is 45.3 Å². The number of hydrogen-bond acceptors (Lipinski definition) is 5. The highest BCUT2D eigenvalue weighted by molar-refractivity contribution is 6.02. The number of nitrogens with one attached hydrogen (secondary N) is 2. The van der Waals surface area contributed by atoms with E-state index in [0.29, 0.717) is 42.6 Å². The molecular weight excluding hydrogens is 519 g/mol. The zero-order chi connectivity index (χ0) is 28.6. The van der Waals surface area contributed by atoms with E-state index in [2.05, 4.69) is 21.8 Å². The summed E-state index contributed by atoms with van der Waals surface area (Å²) in [7, 11) is 1.81. The van der Waals surface area contributed by atoms with Crippen LogP contribution in [0.4, 0.5) is 35.2 Å². The summed E-state index contributed by atoms with van der Waals surface area (Å²) in [5.74, 6) is 0.831. The number of nitrogen functional groups attached to an aromatic ring is 1. The second-order valence-corrected chi connectivity index (χ2v) is 10.1. The van der Waals surface area contributed by atoms with Gasteiger partial charge in [-0.2, -0.15) is 18.3 Å². The second kappa shape index (κ2) is 10.8. The number of urea groups is 1. The molecule has 2 amide bonds. The first-order valence-corrected chi connectivity index (χ1v) is 13.3. The lowest BCUT2D eigenvalue weighted by Gasteiger charge is -2.20. The number of aromatic nitrogens is 3. The van der Waals surface area contributed by atoms with E-state index in [1.165, 1.54) is 0 Å². The van der Waals surface area contributed by atoms with Crippen LogP contribution in [0, 0.1) is 0 Å². The lowest BCUT2D eigenvalue weighted by Crippen LogP contribution is -2.23. The predicted molar refractivity (Wildman–Crippen MR) is 151 cm³/mol. The minimum Gasteiger partial charge on any atom is -0.382 e. The van der Waals surface area contributed by atoms with E-state index in [1.807, 2.05) is 37.9 Å². The summed E-state index contributed by atoms with van der Waals surface area (Å²) in [6.07, 6.45) is -2.32.